The standard InChI is InChI=1S/C9H10ClN3O2/c1-5-6(10)3-2-4-7(5)12-8(14)9(15)13-11/h2-4H,11H2,1H3,(H,12,14)(H,13,15). The second-order valence-electron chi connectivity index (χ2n) is 2.84. The van der Waals surface area contributed by atoms with Crippen molar-refractivity contribution < 1.29 is 9.59 Å². The van der Waals surface area contributed by atoms with E-state index in [4.69, 9.17) is 17.4 Å². The van der Waals surface area contributed by atoms with Crippen molar-refractivity contribution in [3.63, 3.8) is 0 Å². The number of halogens is 1. The molecule has 15 heavy (non-hydrogen) atoms. The Hall–Kier alpha value is -1.59. The number of carbonyl (C=O) groups is 2. The third-order valence-corrected chi connectivity index (χ3v) is 2.26. The van der Waals surface area contributed by atoms with E-state index in [1.807, 2.05) is 0 Å². The minimum atomic E-state index is -0.908. The van der Waals surface area contributed by atoms with E-state index >= 15 is 0 Å². The second-order valence-corrected chi connectivity index (χ2v) is 3.25. The summed E-state index contributed by atoms with van der Waals surface area (Å²) in [4.78, 5) is 22.0. The maximum absolute atomic E-state index is 11.2. The molecule has 0 fully saturated rings. The summed E-state index contributed by atoms with van der Waals surface area (Å²) in [5, 5.41) is 2.90. The molecule has 1 aromatic carbocycles. The van der Waals surface area contributed by atoms with Crippen LogP contribution in [-0.2, 0) is 9.59 Å². The van der Waals surface area contributed by atoms with E-state index < -0.39 is 11.8 Å². The fraction of sp³-hybridized carbons (Fsp3) is 0.111. The van der Waals surface area contributed by atoms with Crippen LogP contribution in [-0.4, -0.2) is 11.8 Å². The number of hydrogen-bond donors (Lipinski definition) is 3. The SMILES string of the molecule is Cc1c(Cl)cccc1NC(=O)C(=O)NN. The molecule has 0 spiro atoms. The molecule has 0 atom stereocenters. The Kier molecular flexibility index (Phi) is 3.65. The number of nitrogens with two attached hydrogens (primary N) is 1. The number of amides is 2. The number of rotatable bonds is 1. The van der Waals surface area contributed by atoms with Crippen molar-refractivity contribution in [1.82, 2.24) is 5.43 Å². The van der Waals surface area contributed by atoms with E-state index in [1.165, 1.54) is 0 Å². The number of anilines is 1. The highest BCUT2D eigenvalue weighted by molar-refractivity contribution is 6.39. The van der Waals surface area contributed by atoms with Crippen LogP contribution in [0.2, 0.25) is 5.02 Å². The molecular formula is C9H10ClN3O2. The van der Waals surface area contributed by atoms with Gasteiger partial charge < -0.3 is 5.32 Å². The Bertz CT molecular complexity index is 406. The summed E-state index contributed by atoms with van der Waals surface area (Å²) in [5.74, 6) is 3.07. The minimum Gasteiger partial charge on any atom is -0.317 e. The molecule has 0 aliphatic carbocycles. The first-order valence-corrected chi connectivity index (χ1v) is 4.51. The van der Waals surface area contributed by atoms with Gasteiger partial charge in [-0.25, -0.2) is 5.84 Å². The van der Waals surface area contributed by atoms with Gasteiger partial charge in [0.15, 0.2) is 0 Å². The van der Waals surface area contributed by atoms with Crippen LogP contribution >= 0.6 is 11.6 Å². The average molecular weight is 228 g/mol. The van der Waals surface area contributed by atoms with Crippen LogP contribution in [0.25, 0.3) is 0 Å². The van der Waals surface area contributed by atoms with Crippen LogP contribution in [0.15, 0.2) is 18.2 Å². The third kappa shape index (κ3) is 2.68. The van der Waals surface area contributed by atoms with Crippen molar-refractivity contribution in [2.45, 2.75) is 6.92 Å². The quantitative estimate of drug-likeness (QED) is 0.284. The number of benzene rings is 1. The predicted molar refractivity (Wildman–Crippen MR) is 57.1 cm³/mol. The second kappa shape index (κ2) is 4.77. The van der Waals surface area contributed by atoms with Crippen LogP contribution in [0.1, 0.15) is 5.56 Å². The topological polar surface area (TPSA) is 84.2 Å². The molecule has 1 aromatic rings. The van der Waals surface area contributed by atoms with E-state index in [0.29, 0.717) is 16.3 Å². The maximum atomic E-state index is 11.2. The lowest BCUT2D eigenvalue weighted by Gasteiger charge is -2.08. The molecule has 5 nitrogen and oxygen atoms in total. The summed E-state index contributed by atoms with van der Waals surface area (Å²) < 4.78 is 0. The van der Waals surface area contributed by atoms with Gasteiger partial charge in [-0.15, -0.1) is 0 Å². The van der Waals surface area contributed by atoms with Crippen molar-refractivity contribution in [3.8, 4) is 0 Å². The van der Waals surface area contributed by atoms with Crippen LogP contribution in [0.4, 0.5) is 5.69 Å². The van der Waals surface area contributed by atoms with Gasteiger partial charge in [0.1, 0.15) is 0 Å². The monoisotopic (exact) mass is 227 g/mol. The van der Waals surface area contributed by atoms with Gasteiger partial charge in [0.25, 0.3) is 0 Å². The lowest BCUT2D eigenvalue weighted by atomic mass is 10.2. The molecule has 0 bridgehead atoms. The molecule has 0 heterocycles. The first kappa shape index (κ1) is 11.5. The van der Waals surface area contributed by atoms with Crippen LogP contribution in [0, 0.1) is 6.92 Å². The van der Waals surface area contributed by atoms with Crippen LogP contribution in [0.3, 0.4) is 0 Å². The first-order valence-electron chi connectivity index (χ1n) is 4.13. The van der Waals surface area contributed by atoms with E-state index in [1.54, 1.807) is 30.5 Å². The molecule has 2 amide bonds. The molecule has 0 radical (unpaired) electrons. The van der Waals surface area contributed by atoms with Crippen LogP contribution in [0.5, 0.6) is 0 Å². The van der Waals surface area contributed by atoms with Gasteiger partial charge in [-0.1, -0.05) is 17.7 Å². The molecule has 1 rings (SSSR count). The highest BCUT2D eigenvalue weighted by Gasteiger charge is 2.13. The van der Waals surface area contributed by atoms with Gasteiger partial charge in [-0.2, -0.15) is 0 Å². The van der Waals surface area contributed by atoms with Crippen molar-refractivity contribution in [2.75, 3.05) is 5.32 Å². The summed E-state index contributed by atoms with van der Waals surface area (Å²) in [6, 6.07) is 5.00. The fourth-order valence-corrected chi connectivity index (χ4v) is 1.16. The zero-order chi connectivity index (χ0) is 11.4. The summed E-state index contributed by atoms with van der Waals surface area (Å²) in [7, 11) is 0. The lowest BCUT2D eigenvalue weighted by molar-refractivity contribution is -0.136. The van der Waals surface area contributed by atoms with Crippen molar-refractivity contribution in [2.24, 2.45) is 5.84 Å². The van der Waals surface area contributed by atoms with Gasteiger partial charge in [0.2, 0.25) is 0 Å². The molecule has 0 saturated carbocycles. The zero-order valence-corrected chi connectivity index (χ0v) is 8.76. The van der Waals surface area contributed by atoms with Gasteiger partial charge in [-0.05, 0) is 24.6 Å². The van der Waals surface area contributed by atoms with Gasteiger partial charge in [0, 0.05) is 10.7 Å². The van der Waals surface area contributed by atoms with Crippen molar-refractivity contribution in [1.29, 1.82) is 0 Å². The van der Waals surface area contributed by atoms with E-state index in [-0.39, 0.29) is 0 Å². The maximum Gasteiger partial charge on any atom is 0.323 e. The number of carbonyl (C=O) groups excluding carboxylic acids is 2. The molecule has 0 aliphatic rings. The Balaban J connectivity index is 2.86. The van der Waals surface area contributed by atoms with Gasteiger partial charge in [-0.3, -0.25) is 15.0 Å². The highest BCUT2D eigenvalue weighted by atomic mass is 35.5. The van der Waals surface area contributed by atoms with Gasteiger partial charge in [0.05, 0.1) is 0 Å². The summed E-state index contributed by atoms with van der Waals surface area (Å²) in [6.07, 6.45) is 0. The third-order valence-electron chi connectivity index (χ3n) is 1.85. The average Bonchev–Trinajstić information content (AvgIpc) is 2.23. The largest absolute Gasteiger partial charge is 0.323 e. The Morgan fingerprint density at radius 3 is 2.60 bits per heavy atom. The highest BCUT2D eigenvalue weighted by Crippen LogP contribution is 2.22. The number of hydrazine groups is 1. The van der Waals surface area contributed by atoms with Gasteiger partial charge >= 0.3 is 11.8 Å². The molecular weight excluding hydrogens is 218 g/mol. The summed E-state index contributed by atoms with van der Waals surface area (Å²) >= 11 is 5.83. The first-order chi connectivity index (χ1) is 7.06. The van der Waals surface area contributed by atoms with Crippen LogP contribution < -0.4 is 16.6 Å². The van der Waals surface area contributed by atoms with E-state index in [2.05, 4.69) is 5.32 Å². The Morgan fingerprint density at radius 2 is 2.00 bits per heavy atom. The molecule has 0 saturated heterocycles. The molecule has 6 heteroatoms. The van der Waals surface area contributed by atoms with E-state index in [0.717, 1.165) is 0 Å². The van der Waals surface area contributed by atoms with Crippen molar-refractivity contribution in [3.05, 3.63) is 28.8 Å². The molecule has 80 valence electrons. The normalized spacial score (nSPS) is 9.53. The summed E-state index contributed by atoms with van der Waals surface area (Å²) in [5.41, 5.74) is 2.91. The smallest absolute Gasteiger partial charge is 0.317 e. The number of hydrogen-bond acceptors (Lipinski definition) is 3. The minimum absolute atomic E-state index is 0.482. The number of nitrogens with one attached hydrogen (secondary N) is 2. The zero-order valence-electron chi connectivity index (χ0n) is 8.00. The lowest BCUT2D eigenvalue weighted by Crippen LogP contribution is -2.39. The molecule has 0 aromatic heterocycles. The molecule has 4 N–H and O–H groups in total. The molecule has 0 aliphatic heterocycles. The summed E-state index contributed by atoms with van der Waals surface area (Å²) in [6.45, 7) is 1.73. The fourth-order valence-electron chi connectivity index (χ4n) is 0.988. The Labute approximate surface area is 91.6 Å². The molecule has 0 unspecified atom stereocenters. The van der Waals surface area contributed by atoms with E-state index in [9.17, 15) is 9.59 Å². The van der Waals surface area contributed by atoms with Crippen molar-refractivity contribution >= 4 is 29.1 Å². The Morgan fingerprint density at radius 1 is 1.33 bits per heavy atom. The predicted octanol–water partition coefficient (Wildman–Crippen LogP) is 0.577.